The molecule has 11 heteroatoms. The zero-order chi connectivity index (χ0) is 34.0. The Balaban J connectivity index is 1.42. The number of carbonyl (C=O) groups excluding carboxylic acids is 4. The molecule has 3 aromatic carbocycles. The number of esters is 1. The molecule has 0 saturated carbocycles. The summed E-state index contributed by atoms with van der Waals surface area (Å²) in [4.78, 5) is 52.3. The number of hydrogen-bond donors (Lipinski definition) is 4. The summed E-state index contributed by atoms with van der Waals surface area (Å²) >= 11 is 0. The van der Waals surface area contributed by atoms with Crippen LogP contribution in [0, 0.1) is 5.92 Å². The van der Waals surface area contributed by atoms with Crippen LogP contribution in [-0.4, -0.2) is 66.9 Å². The van der Waals surface area contributed by atoms with Gasteiger partial charge in [-0.05, 0) is 36.0 Å². The summed E-state index contributed by atoms with van der Waals surface area (Å²) < 4.78 is 16.7. The SMILES string of the molecule is O=C(C[C@H]1CC=CC[C@@H](NC(=O)OCc2ccccc2)C(=O)OC[C@H](COCc2ccccc2)NC1=O)N[C@@H](CO)Cc1ccccc1. The Labute approximate surface area is 280 Å². The molecule has 0 unspecified atom stereocenters. The van der Waals surface area contributed by atoms with Crippen LogP contribution >= 0.6 is 0 Å². The molecule has 0 bridgehead atoms. The molecule has 4 atom stereocenters. The minimum atomic E-state index is -1.05. The van der Waals surface area contributed by atoms with Gasteiger partial charge in [-0.15, -0.1) is 0 Å². The van der Waals surface area contributed by atoms with Crippen LogP contribution in [0.1, 0.15) is 36.0 Å². The highest BCUT2D eigenvalue weighted by Gasteiger charge is 2.28. The number of benzene rings is 3. The van der Waals surface area contributed by atoms with Crippen molar-refractivity contribution in [3.8, 4) is 0 Å². The molecule has 0 aromatic heterocycles. The van der Waals surface area contributed by atoms with Crippen molar-refractivity contribution in [1.82, 2.24) is 16.0 Å². The minimum Gasteiger partial charge on any atom is -0.462 e. The zero-order valence-corrected chi connectivity index (χ0v) is 26.8. The lowest BCUT2D eigenvalue weighted by Crippen LogP contribution is -2.48. The van der Waals surface area contributed by atoms with Crippen molar-refractivity contribution in [2.75, 3.05) is 19.8 Å². The fourth-order valence-corrected chi connectivity index (χ4v) is 5.09. The monoisotopic (exact) mass is 657 g/mol. The van der Waals surface area contributed by atoms with Crippen molar-refractivity contribution >= 4 is 23.9 Å². The van der Waals surface area contributed by atoms with Gasteiger partial charge in [-0.3, -0.25) is 9.59 Å². The van der Waals surface area contributed by atoms with Gasteiger partial charge < -0.3 is 35.3 Å². The van der Waals surface area contributed by atoms with E-state index < -0.39 is 42.0 Å². The third-order valence-electron chi connectivity index (χ3n) is 7.67. The topological polar surface area (TPSA) is 152 Å². The predicted molar refractivity (Wildman–Crippen MR) is 178 cm³/mol. The molecule has 4 rings (SSSR count). The highest BCUT2D eigenvalue weighted by atomic mass is 16.6. The predicted octanol–water partition coefficient (Wildman–Crippen LogP) is 3.60. The Morgan fingerprint density at radius 1 is 0.854 bits per heavy atom. The number of rotatable bonds is 13. The summed E-state index contributed by atoms with van der Waals surface area (Å²) in [6.45, 7) is -0.140. The molecule has 0 spiro atoms. The Kier molecular flexibility index (Phi) is 14.6. The smallest absolute Gasteiger partial charge is 0.408 e. The molecule has 11 nitrogen and oxygen atoms in total. The van der Waals surface area contributed by atoms with Crippen molar-refractivity contribution in [1.29, 1.82) is 0 Å². The van der Waals surface area contributed by atoms with Crippen molar-refractivity contribution in [3.05, 3.63) is 120 Å². The third-order valence-corrected chi connectivity index (χ3v) is 7.67. The molecule has 1 heterocycles. The lowest BCUT2D eigenvalue weighted by Gasteiger charge is -2.25. The average molecular weight is 658 g/mol. The first-order valence-electron chi connectivity index (χ1n) is 16.0. The van der Waals surface area contributed by atoms with E-state index in [0.29, 0.717) is 6.42 Å². The first-order valence-corrected chi connectivity index (χ1v) is 16.0. The molecule has 4 N–H and O–H groups in total. The average Bonchev–Trinajstić information content (AvgIpc) is 3.10. The van der Waals surface area contributed by atoms with E-state index >= 15 is 0 Å². The second-order valence-corrected chi connectivity index (χ2v) is 11.6. The summed E-state index contributed by atoms with van der Waals surface area (Å²) in [6, 6.07) is 25.8. The van der Waals surface area contributed by atoms with E-state index in [1.165, 1.54) is 0 Å². The van der Waals surface area contributed by atoms with Crippen LogP contribution in [0.4, 0.5) is 4.79 Å². The van der Waals surface area contributed by atoms with E-state index in [9.17, 15) is 24.3 Å². The van der Waals surface area contributed by atoms with Crippen LogP contribution in [0.3, 0.4) is 0 Å². The zero-order valence-electron chi connectivity index (χ0n) is 26.8. The largest absolute Gasteiger partial charge is 0.462 e. The molecule has 48 heavy (non-hydrogen) atoms. The molecule has 1 aliphatic heterocycles. The molecule has 3 aromatic rings. The maximum absolute atomic E-state index is 13.5. The van der Waals surface area contributed by atoms with Gasteiger partial charge in [0.1, 0.15) is 19.3 Å². The van der Waals surface area contributed by atoms with Gasteiger partial charge >= 0.3 is 12.1 Å². The fraction of sp³-hybridized carbons (Fsp3) is 0.351. The molecule has 0 radical (unpaired) electrons. The number of hydrogen-bond acceptors (Lipinski definition) is 8. The minimum absolute atomic E-state index is 0.0311. The van der Waals surface area contributed by atoms with Crippen LogP contribution in [0.15, 0.2) is 103 Å². The van der Waals surface area contributed by atoms with Crippen molar-refractivity contribution < 1.29 is 38.5 Å². The van der Waals surface area contributed by atoms with Gasteiger partial charge in [-0.2, -0.15) is 0 Å². The van der Waals surface area contributed by atoms with Gasteiger partial charge in [0.15, 0.2) is 0 Å². The Hall–Kier alpha value is -5.00. The lowest BCUT2D eigenvalue weighted by atomic mass is 9.97. The highest BCUT2D eigenvalue weighted by Crippen LogP contribution is 2.14. The van der Waals surface area contributed by atoms with Crippen LogP contribution in [0.2, 0.25) is 0 Å². The summed E-state index contributed by atoms with van der Waals surface area (Å²) in [5, 5.41) is 18.2. The standard InChI is InChI=1S/C37H43N3O8/c41-22-31(20-27-12-4-1-5-13-27)38-34(42)21-30-18-10-11-19-33(40-37(45)48-24-29-16-8-3-9-17-29)36(44)47-26-32(39-35(30)43)25-46-23-28-14-6-2-7-15-28/h1-17,30-33,41H,18-26H2,(H,38,42)(H,39,43)(H,40,45)/t30-,31-,32+,33-/m1/s1. The molecule has 0 aliphatic carbocycles. The first-order chi connectivity index (χ1) is 23.4. The van der Waals surface area contributed by atoms with Gasteiger partial charge in [0.05, 0.1) is 37.8 Å². The van der Waals surface area contributed by atoms with Gasteiger partial charge in [0.2, 0.25) is 11.8 Å². The number of nitrogens with one attached hydrogen (secondary N) is 3. The van der Waals surface area contributed by atoms with Crippen molar-refractivity contribution in [3.63, 3.8) is 0 Å². The highest BCUT2D eigenvalue weighted by molar-refractivity contribution is 5.86. The van der Waals surface area contributed by atoms with Gasteiger partial charge in [0.25, 0.3) is 0 Å². The van der Waals surface area contributed by atoms with Crippen LogP contribution in [0.25, 0.3) is 0 Å². The van der Waals surface area contributed by atoms with Crippen LogP contribution < -0.4 is 16.0 Å². The van der Waals surface area contributed by atoms with E-state index in [1.54, 1.807) is 12.2 Å². The van der Waals surface area contributed by atoms with E-state index in [-0.39, 0.29) is 58.2 Å². The summed E-state index contributed by atoms with van der Waals surface area (Å²) in [5.74, 6) is -2.23. The van der Waals surface area contributed by atoms with E-state index in [0.717, 1.165) is 16.7 Å². The van der Waals surface area contributed by atoms with E-state index in [1.807, 2.05) is 91.0 Å². The number of alkyl carbamates (subject to hydrolysis) is 1. The number of aliphatic hydroxyl groups excluding tert-OH is 1. The maximum atomic E-state index is 13.5. The molecular formula is C37H43N3O8. The van der Waals surface area contributed by atoms with Crippen LogP contribution in [-0.2, 0) is 48.2 Å². The number of amides is 3. The summed E-state index contributed by atoms with van der Waals surface area (Å²) in [5.41, 5.74) is 2.69. The quantitative estimate of drug-likeness (QED) is 0.161. The van der Waals surface area contributed by atoms with Gasteiger partial charge in [-0.1, -0.05) is 103 Å². The Bertz CT molecular complexity index is 1470. The fourth-order valence-electron chi connectivity index (χ4n) is 5.09. The second-order valence-electron chi connectivity index (χ2n) is 11.6. The lowest BCUT2D eigenvalue weighted by molar-refractivity contribution is -0.148. The number of allylic oxidation sites excluding steroid dienone is 1. The summed E-state index contributed by atoms with van der Waals surface area (Å²) in [7, 11) is 0. The van der Waals surface area contributed by atoms with E-state index in [2.05, 4.69) is 16.0 Å². The Morgan fingerprint density at radius 2 is 1.46 bits per heavy atom. The summed E-state index contributed by atoms with van der Waals surface area (Å²) in [6.07, 6.45) is 3.17. The van der Waals surface area contributed by atoms with E-state index in [4.69, 9.17) is 14.2 Å². The Morgan fingerprint density at radius 3 is 2.10 bits per heavy atom. The third kappa shape index (κ3) is 12.7. The first kappa shape index (κ1) is 35.8. The van der Waals surface area contributed by atoms with Crippen LogP contribution in [0.5, 0.6) is 0 Å². The molecule has 3 amide bonds. The second kappa shape index (κ2) is 19.6. The van der Waals surface area contributed by atoms with Gasteiger partial charge in [-0.25, -0.2) is 9.59 Å². The molecule has 1 aliphatic rings. The number of ether oxygens (including phenoxy) is 3. The molecule has 0 saturated heterocycles. The molecule has 254 valence electrons. The molecule has 0 fully saturated rings. The maximum Gasteiger partial charge on any atom is 0.408 e. The molecular weight excluding hydrogens is 614 g/mol. The van der Waals surface area contributed by atoms with Crippen molar-refractivity contribution in [2.24, 2.45) is 5.92 Å². The number of carbonyl (C=O) groups is 4. The normalized spacial score (nSPS) is 19.1. The van der Waals surface area contributed by atoms with Crippen molar-refractivity contribution in [2.45, 2.75) is 57.0 Å². The number of aliphatic hydroxyl groups is 1. The van der Waals surface area contributed by atoms with Gasteiger partial charge in [0, 0.05) is 6.42 Å². The number of cyclic esters (lactones) is 1.